The minimum atomic E-state index is -0.0482. The normalized spacial score (nSPS) is 10.3. The highest BCUT2D eigenvalue weighted by atomic mass is 79.9. The fraction of sp³-hybridized carbons (Fsp3) is 0.294. The Kier molecular flexibility index (Phi) is 5.95. The van der Waals surface area contributed by atoms with Crippen molar-refractivity contribution in [3.05, 3.63) is 52.8 Å². The molecule has 1 heterocycles. The van der Waals surface area contributed by atoms with Crippen LogP contribution in [0.25, 0.3) is 0 Å². The molecule has 2 aromatic rings. The van der Waals surface area contributed by atoms with E-state index in [2.05, 4.69) is 33.2 Å². The molecule has 1 aromatic carbocycles. The highest BCUT2D eigenvalue weighted by molar-refractivity contribution is 9.10. The minimum absolute atomic E-state index is 0.0482. The molecule has 0 bridgehead atoms. The molecule has 22 heavy (non-hydrogen) atoms. The first kappa shape index (κ1) is 16.5. The summed E-state index contributed by atoms with van der Waals surface area (Å²) < 4.78 is 1.03. The maximum absolute atomic E-state index is 12.3. The number of hydrogen-bond donors (Lipinski definition) is 1. The molecule has 1 aromatic heterocycles. The van der Waals surface area contributed by atoms with Crippen molar-refractivity contribution >= 4 is 33.2 Å². The number of amides is 1. The molecule has 1 amide bonds. The van der Waals surface area contributed by atoms with E-state index < -0.39 is 0 Å². The molecule has 0 aliphatic carbocycles. The van der Waals surface area contributed by atoms with Crippen molar-refractivity contribution in [2.24, 2.45) is 0 Å². The molecule has 0 atom stereocenters. The molecule has 0 aliphatic rings. The summed E-state index contributed by atoms with van der Waals surface area (Å²) in [6.45, 7) is 2.86. The van der Waals surface area contributed by atoms with Gasteiger partial charge < -0.3 is 10.2 Å². The van der Waals surface area contributed by atoms with Gasteiger partial charge in [0, 0.05) is 35.6 Å². The molecular weight excluding hydrogens is 342 g/mol. The third-order valence-electron chi connectivity index (χ3n) is 3.31. The van der Waals surface area contributed by atoms with E-state index >= 15 is 0 Å². The van der Waals surface area contributed by atoms with E-state index in [0.717, 1.165) is 35.2 Å². The van der Waals surface area contributed by atoms with Crippen molar-refractivity contribution in [1.29, 1.82) is 0 Å². The fourth-order valence-electron chi connectivity index (χ4n) is 2.02. The molecule has 0 unspecified atom stereocenters. The van der Waals surface area contributed by atoms with Gasteiger partial charge >= 0.3 is 0 Å². The molecular formula is C17H20BrN3O. The van der Waals surface area contributed by atoms with Crippen molar-refractivity contribution in [2.75, 3.05) is 18.9 Å². The van der Waals surface area contributed by atoms with Crippen LogP contribution in [0.3, 0.4) is 0 Å². The molecule has 0 radical (unpaired) electrons. The van der Waals surface area contributed by atoms with Gasteiger partial charge in [-0.2, -0.15) is 0 Å². The zero-order valence-corrected chi connectivity index (χ0v) is 14.4. The van der Waals surface area contributed by atoms with Crippen LogP contribution in [0.4, 0.5) is 11.4 Å². The highest BCUT2D eigenvalue weighted by Gasteiger charge is 2.13. The average Bonchev–Trinajstić information content (AvgIpc) is 2.54. The number of nitrogens with one attached hydrogen (secondary N) is 1. The Morgan fingerprint density at radius 3 is 2.64 bits per heavy atom. The second kappa shape index (κ2) is 7.94. The van der Waals surface area contributed by atoms with Crippen molar-refractivity contribution in [2.45, 2.75) is 19.8 Å². The summed E-state index contributed by atoms with van der Waals surface area (Å²) in [6, 6.07) is 11.5. The Hall–Kier alpha value is -1.88. The van der Waals surface area contributed by atoms with Gasteiger partial charge in [-0.05, 0) is 42.8 Å². The van der Waals surface area contributed by atoms with Gasteiger partial charge in [-0.3, -0.25) is 9.78 Å². The lowest BCUT2D eigenvalue weighted by Crippen LogP contribution is -2.28. The Labute approximate surface area is 139 Å². The molecule has 4 nitrogen and oxygen atoms in total. The first-order valence-electron chi connectivity index (χ1n) is 7.34. The van der Waals surface area contributed by atoms with Crippen molar-refractivity contribution in [3.8, 4) is 0 Å². The zero-order chi connectivity index (χ0) is 15.9. The van der Waals surface area contributed by atoms with E-state index in [1.807, 2.05) is 37.4 Å². The summed E-state index contributed by atoms with van der Waals surface area (Å²) in [7, 11) is 1.81. The monoisotopic (exact) mass is 361 g/mol. The van der Waals surface area contributed by atoms with Crippen LogP contribution in [0.1, 0.15) is 30.3 Å². The molecule has 0 spiro atoms. The Morgan fingerprint density at radius 2 is 1.95 bits per heavy atom. The van der Waals surface area contributed by atoms with E-state index in [4.69, 9.17) is 0 Å². The molecule has 0 saturated heterocycles. The molecule has 116 valence electrons. The first-order valence-corrected chi connectivity index (χ1v) is 8.13. The summed E-state index contributed by atoms with van der Waals surface area (Å²) in [6.07, 6.45) is 3.72. The number of anilines is 2. The molecule has 0 saturated carbocycles. The summed E-state index contributed by atoms with van der Waals surface area (Å²) in [5.41, 5.74) is 2.28. The maximum atomic E-state index is 12.3. The largest absolute Gasteiger partial charge is 0.355 e. The zero-order valence-electron chi connectivity index (χ0n) is 12.8. The van der Waals surface area contributed by atoms with E-state index in [1.54, 1.807) is 17.2 Å². The van der Waals surface area contributed by atoms with E-state index in [9.17, 15) is 4.79 Å². The molecule has 0 fully saturated rings. The lowest BCUT2D eigenvalue weighted by molar-refractivity contribution is 0.0787. The van der Waals surface area contributed by atoms with E-state index in [-0.39, 0.29) is 5.91 Å². The Balaban J connectivity index is 2.09. The second-order valence-corrected chi connectivity index (χ2v) is 6.06. The van der Waals surface area contributed by atoms with Crippen LogP contribution < -0.4 is 5.32 Å². The number of aromatic nitrogens is 1. The third kappa shape index (κ3) is 4.56. The van der Waals surface area contributed by atoms with Crippen molar-refractivity contribution in [1.82, 2.24) is 9.88 Å². The summed E-state index contributed by atoms with van der Waals surface area (Å²) in [4.78, 5) is 18.2. The molecule has 0 aliphatic heterocycles. The Bertz CT molecular complexity index is 628. The van der Waals surface area contributed by atoms with E-state index in [0.29, 0.717) is 5.69 Å². The van der Waals surface area contributed by atoms with E-state index in [1.165, 1.54) is 0 Å². The number of hydrogen-bond acceptors (Lipinski definition) is 3. The second-order valence-electron chi connectivity index (χ2n) is 5.14. The third-order valence-corrected chi connectivity index (χ3v) is 3.83. The van der Waals surface area contributed by atoms with Crippen LogP contribution in [-0.2, 0) is 0 Å². The number of carbonyl (C=O) groups excluding carboxylic acids is 1. The van der Waals surface area contributed by atoms with Gasteiger partial charge in [-0.1, -0.05) is 29.3 Å². The topological polar surface area (TPSA) is 45.2 Å². The standard InChI is InChI=1S/C17H20BrN3O/c1-3-4-11-21(2)17(22)16-12-15(9-10-19-16)20-14-7-5-13(18)6-8-14/h5-10,12H,3-4,11H2,1-2H3,(H,19,20). The predicted octanol–water partition coefficient (Wildman–Crippen LogP) is 4.46. The molecule has 1 N–H and O–H groups in total. The number of halogens is 1. The maximum Gasteiger partial charge on any atom is 0.272 e. The van der Waals surface area contributed by atoms with Gasteiger partial charge in [0.25, 0.3) is 5.91 Å². The smallest absolute Gasteiger partial charge is 0.272 e. The predicted molar refractivity (Wildman–Crippen MR) is 93.5 cm³/mol. The van der Waals surface area contributed by atoms with Crippen LogP contribution in [0, 0.1) is 0 Å². The number of unbranched alkanes of at least 4 members (excludes halogenated alkanes) is 1. The van der Waals surface area contributed by atoms with Crippen LogP contribution in [0.2, 0.25) is 0 Å². The molecule has 5 heteroatoms. The van der Waals surface area contributed by atoms with Crippen molar-refractivity contribution in [3.63, 3.8) is 0 Å². The van der Waals surface area contributed by atoms with Gasteiger partial charge in [-0.15, -0.1) is 0 Å². The van der Waals surface area contributed by atoms with Gasteiger partial charge in [0.15, 0.2) is 0 Å². The number of carbonyl (C=O) groups is 1. The van der Waals surface area contributed by atoms with Gasteiger partial charge in [-0.25, -0.2) is 0 Å². The lowest BCUT2D eigenvalue weighted by Gasteiger charge is -2.16. The SMILES string of the molecule is CCCCN(C)C(=O)c1cc(Nc2ccc(Br)cc2)ccn1. The fourth-order valence-corrected chi connectivity index (χ4v) is 2.28. The lowest BCUT2D eigenvalue weighted by atomic mass is 10.2. The summed E-state index contributed by atoms with van der Waals surface area (Å²) in [5, 5.41) is 3.28. The average molecular weight is 362 g/mol. The Morgan fingerprint density at radius 1 is 1.23 bits per heavy atom. The number of benzene rings is 1. The summed E-state index contributed by atoms with van der Waals surface area (Å²) in [5.74, 6) is -0.0482. The first-order chi connectivity index (χ1) is 10.6. The van der Waals surface area contributed by atoms with Crippen LogP contribution >= 0.6 is 15.9 Å². The number of rotatable bonds is 6. The number of nitrogens with zero attached hydrogens (tertiary/aromatic N) is 2. The van der Waals surface area contributed by atoms with Crippen LogP contribution in [-0.4, -0.2) is 29.4 Å². The number of pyridine rings is 1. The minimum Gasteiger partial charge on any atom is -0.355 e. The van der Waals surface area contributed by atoms with Gasteiger partial charge in [0.05, 0.1) is 0 Å². The van der Waals surface area contributed by atoms with Gasteiger partial charge in [0.2, 0.25) is 0 Å². The van der Waals surface area contributed by atoms with Gasteiger partial charge in [0.1, 0.15) is 5.69 Å². The molecule has 2 rings (SSSR count). The summed E-state index contributed by atoms with van der Waals surface area (Å²) >= 11 is 3.41. The quantitative estimate of drug-likeness (QED) is 0.825. The van der Waals surface area contributed by atoms with Crippen LogP contribution in [0.15, 0.2) is 47.1 Å². The van der Waals surface area contributed by atoms with Crippen LogP contribution in [0.5, 0.6) is 0 Å². The van der Waals surface area contributed by atoms with Crippen molar-refractivity contribution < 1.29 is 4.79 Å². The highest BCUT2D eigenvalue weighted by Crippen LogP contribution is 2.19.